The summed E-state index contributed by atoms with van der Waals surface area (Å²) in [5.41, 5.74) is 0.414. The number of ether oxygens (including phenoxy) is 1. The second kappa shape index (κ2) is 7.28. The van der Waals surface area contributed by atoms with Gasteiger partial charge < -0.3 is 9.64 Å². The highest BCUT2D eigenvalue weighted by atomic mass is 16.5. The maximum Gasteiger partial charge on any atom is 0.306 e. The number of likely N-dealkylation sites (N-methyl/N-ethyl adjacent to an activating group) is 1. The second-order valence-electron chi connectivity index (χ2n) is 7.31. The van der Waals surface area contributed by atoms with E-state index in [1.54, 1.807) is 0 Å². The average molecular weight is 269 g/mol. The summed E-state index contributed by atoms with van der Waals surface area (Å²) >= 11 is 0. The fraction of sp³-hybridized carbons (Fsp3) is 0.938. The lowest BCUT2D eigenvalue weighted by Crippen LogP contribution is -2.27. The maximum atomic E-state index is 11.7. The van der Waals surface area contributed by atoms with Crippen molar-refractivity contribution in [3.8, 4) is 0 Å². The van der Waals surface area contributed by atoms with E-state index < -0.39 is 0 Å². The minimum absolute atomic E-state index is 0.0129. The van der Waals surface area contributed by atoms with Crippen LogP contribution in [0.3, 0.4) is 0 Å². The van der Waals surface area contributed by atoms with Crippen molar-refractivity contribution in [3.05, 3.63) is 0 Å². The number of rotatable bonds is 5. The zero-order chi connectivity index (χ0) is 14.5. The van der Waals surface area contributed by atoms with Crippen LogP contribution in [-0.4, -0.2) is 38.1 Å². The lowest BCUT2D eigenvalue weighted by atomic mass is 9.69. The molecule has 3 nitrogen and oxygen atoms in total. The van der Waals surface area contributed by atoms with Gasteiger partial charge in [0.2, 0.25) is 0 Å². The standard InChI is InChI=1S/C16H31NO2/c1-16(2,3)14-8-6-13(7-9-14)12-15(18)19-11-10-17(4)5/h13-14H,6-12H2,1-5H3. The molecule has 0 bridgehead atoms. The molecule has 1 aliphatic rings. The van der Waals surface area contributed by atoms with Gasteiger partial charge in [0, 0.05) is 13.0 Å². The zero-order valence-corrected chi connectivity index (χ0v) is 13.4. The molecule has 0 N–H and O–H groups in total. The molecule has 0 spiro atoms. The van der Waals surface area contributed by atoms with Gasteiger partial charge in [0.25, 0.3) is 0 Å². The molecule has 3 heteroatoms. The van der Waals surface area contributed by atoms with Crippen molar-refractivity contribution in [2.24, 2.45) is 17.3 Å². The number of hydrogen-bond donors (Lipinski definition) is 0. The lowest BCUT2D eigenvalue weighted by Gasteiger charge is -2.36. The van der Waals surface area contributed by atoms with Crippen LogP contribution in [0.5, 0.6) is 0 Å². The van der Waals surface area contributed by atoms with E-state index in [0.29, 0.717) is 24.4 Å². The van der Waals surface area contributed by atoms with Gasteiger partial charge in [0.05, 0.1) is 0 Å². The molecular weight excluding hydrogens is 238 g/mol. The molecule has 0 radical (unpaired) electrons. The summed E-state index contributed by atoms with van der Waals surface area (Å²) in [7, 11) is 3.98. The van der Waals surface area contributed by atoms with Crippen molar-refractivity contribution in [2.75, 3.05) is 27.2 Å². The topological polar surface area (TPSA) is 29.5 Å². The van der Waals surface area contributed by atoms with Crippen molar-refractivity contribution >= 4 is 5.97 Å². The Hall–Kier alpha value is -0.570. The fourth-order valence-electron chi connectivity index (χ4n) is 2.87. The normalized spacial score (nSPS) is 24.5. The van der Waals surface area contributed by atoms with Crippen LogP contribution in [0.1, 0.15) is 52.9 Å². The molecule has 0 aromatic heterocycles. The smallest absolute Gasteiger partial charge is 0.306 e. The Morgan fingerprint density at radius 3 is 2.21 bits per heavy atom. The largest absolute Gasteiger partial charge is 0.464 e. The maximum absolute atomic E-state index is 11.7. The number of nitrogens with zero attached hydrogens (tertiary/aromatic N) is 1. The summed E-state index contributed by atoms with van der Waals surface area (Å²) in [6, 6.07) is 0. The highest BCUT2D eigenvalue weighted by Crippen LogP contribution is 2.40. The minimum Gasteiger partial charge on any atom is -0.464 e. The molecule has 0 atom stereocenters. The Balaban J connectivity index is 2.20. The molecule has 1 aliphatic carbocycles. The van der Waals surface area contributed by atoms with Crippen molar-refractivity contribution in [1.82, 2.24) is 4.90 Å². The van der Waals surface area contributed by atoms with Gasteiger partial charge in [-0.25, -0.2) is 0 Å². The molecule has 1 rings (SSSR count). The van der Waals surface area contributed by atoms with Crippen molar-refractivity contribution in [1.29, 1.82) is 0 Å². The summed E-state index contributed by atoms with van der Waals surface area (Å²) < 4.78 is 5.27. The molecule has 1 saturated carbocycles. The Kier molecular flexibility index (Phi) is 6.31. The minimum atomic E-state index is -0.0129. The number of esters is 1. The monoisotopic (exact) mass is 269 g/mol. The molecule has 0 unspecified atom stereocenters. The highest BCUT2D eigenvalue weighted by molar-refractivity contribution is 5.69. The lowest BCUT2D eigenvalue weighted by molar-refractivity contribution is -0.145. The third kappa shape index (κ3) is 6.42. The van der Waals surface area contributed by atoms with Crippen LogP contribution in [0.25, 0.3) is 0 Å². The van der Waals surface area contributed by atoms with Crippen LogP contribution >= 0.6 is 0 Å². The van der Waals surface area contributed by atoms with E-state index >= 15 is 0 Å². The summed E-state index contributed by atoms with van der Waals surface area (Å²) in [4.78, 5) is 13.8. The number of hydrogen-bond acceptors (Lipinski definition) is 3. The molecule has 0 saturated heterocycles. The SMILES string of the molecule is CN(C)CCOC(=O)CC1CCC(C(C)(C)C)CC1. The van der Waals surface area contributed by atoms with Gasteiger partial charge in [-0.3, -0.25) is 4.79 Å². The van der Waals surface area contributed by atoms with Gasteiger partial charge in [-0.1, -0.05) is 20.8 Å². The first kappa shape index (κ1) is 16.5. The summed E-state index contributed by atoms with van der Waals surface area (Å²) in [6.07, 6.45) is 5.51. The van der Waals surface area contributed by atoms with E-state index in [9.17, 15) is 4.79 Å². The first-order valence-electron chi connectivity index (χ1n) is 7.59. The molecule has 1 fully saturated rings. The number of carbonyl (C=O) groups is 1. The molecule has 0 amide bonds. The predicted octanol–water partition coefficient (Wildman–Crippen LogP) is 3.33. The quantitative estimate of drug-likeness (QED) is 0.717. The van der Waals surface area contributed by atoms with E-state index in [1.807, 2.05) is 19.0 Å². The summed E-state index contributed by atoms with van der Waals surface area (Å²) in [6.45, 7) is 8.31. The van der Waals surface area contributed by atoms with E-state index in [-0.39, 0.29) is 5.97 Å². The van der Waals surface area contributed by atoms with Gasteiger partial charge in [0.15, 0.2) is 0 Å². The highest BCUT2D eigenvalue weighted by Gasteiger charge is 2.30. The van der Waals surface area contributed by atoms with E-state index in [2.05, 4.69) is 20.8 Å². The molecular formula is C16H31NO2. The predicted molar refractivity (Wildman–Crippen MR) is 79.0 cm³/mol. The van der Waals surface area contributed by atoms with Crippen LogP contribution < -0.4 is 0 Å². The zero-order valence-electron chi connectivity index (χ0n) is 13.4. The second-order valence-corrected chi connectivity index (χ2v) is 7.31. The Labute approximate surface area is 118 Å². The van der Waals surface area contributed by atoms with Gasteiger partial charge in [-0.05, 0) is 57.0 Å². The molecule has 0 aromatic carbocycles. The van der Waals surface area contributed by atoms with Crippen molar-refractivity contribution in [2.45, 2.75) is 52.9 Å². The van der Waals surface area contributed by atoms with E-state index in [4.69, 9.17) is 4.74 Å². The molecule has 0 aliphatic heterocycles. The van der Waals surface area contributed by atoms with Gasteiger partial charge in [-0.15, -0.1) is 0 Å². The van der Waals surface area contributed by atoms with E-state index in [1.165, 1.54) is 25.7 Å². The molecule has 112 valence electrons. The summed E-state index contributed by atoms with van der Waals surface area (Å²) in [5, 5.41) is 0. The van der Waals surface area contributed by atoms with E-state index in [0.717, 1.165) is 12.5 Å². The van der Waals surface area contributed by atoms with Crippen LogP contribution in [0.4, 0.5) is 0 Å². The Morgan fingerprint density at radius 1 is 1.16 bits per heavy atom. The van der Waals surface area contributed by atoms with Gasteiger partial charge in [-0.2, -0.15) is 0 Å². The first-order chi connectivity index (χ1) is 8.79. The first-order valence-corrected chi connectivity index (χ1v) is 7.59. The molecule has 19 heavy (non-hydrogen) atoms. The van der Waals surface area contributed by atoms with Gasteiger partial charge in [0.1, 0.15) is 6.61 Å². The van der Waals surface area contributed by atoms with Crippen molar-refractivity contribution in [3.63, 3.8) is 0 Å². The van der Waals surface area contributed by atoms with Crippen LogP contribution in [0.2, 0.25) is 0 Å². The van der Waals surface area contributed by atoms with Crippen LogP contribution in [0.15, 0.2) is 0 Å². The fourth-order valence-corrected chi connectivity index (χ4v) is 2.87. The van der Waals surface area contributed by atoms with Crippen molar-refractivity contribution < 1.29 is 9.53 Å². The average Bonchev–Trinajstić information content (AvgIpc) is 2.27. The number of carbonyl (C=O) groups excluding carboxylic acids is 1. The third-order valence-electron chi connectivity index (χ3n) is 4.33. The van der Waals surface area contributed by atoms with Crippen LogP contribution in [-0.2, 0) is 9.53 Å². The summed E-state index contributed by atoms with van der Waals surface area (Å²) in [5.74, 6) is 1.35. The Bertz CT molecular complexity index is 273. The Morgan fingerprint density at radius 2 is 1.74 bits per heavy atom. The van der Waals surface area contributed by atoms with Gasteiger partial charge >= 0.3 is 5.97 Å². The third-order valence-corrected chi connectivity index (χ3v) is 4.33. The molecule has 0 aromatic rings. The van der Waals surface area contributed by atoms with Crippen LogP contribution in [0, 0.1) is 17.3 Å². The molecule has 0 heterocycles.